The van der Waals surface area contributed by atoms with Crippen molar-refractivity contribution in [1.82, 2.24) is 4.98 Å². The summed E-state index contributed by atoms with van der Waals surface area (Å²) < 4.78 is 6.56. The van der Waals surface area contributed by atoms with Crippen molar-refractivity contribution in [1.29, 1.82) is 0 Å². The Kier molecular flexibility index (Phi) is 4.62. The largest absolute Gasteiger partial charge is 0.497 e. The van der Waals surface area contributed by atoms with Crippen LogP contribution in [0, 0.1) is 0 Å². The van der Waals surface area contributed by atoms with E-state index in [1.54, 1.807) is 7.11 Å². The van der Waals surface area contributed by atoms with Crippen molar-refractivity contribution in [2.24, 2.45) is 0 Å². The lowest BCUT2D eigenvalue weighted by atomic mass is 9.99. The molecule has 3 aromatic rings. The van der Waals surface area contributed by atoms with Gasteiger partial charge in [0.15, 0.2) is 0 Å². The van der Waals surface area contributed by atoms with Crippen molar-refractivity contribution < 1.29 is 4.74 Å². The molecule has 0 radical (unpaired) electrons. The minimum atomic E-state index is 0.875. The smallest absolute Gasteiger partial charge is 0.119 e. The van der Waals surface area contributed by atoms with E-state index in [9.17, 15) is 0 Å². The van der Waals surface area contributed by atoms with E-state index in [1.807, 2.05) is 18.3 Å². The number of hydrogen-bond acceptors (Lipinski definition) is 3. The highest BCUT2D eigenvalue weighted by Gasteiger charge is 2.19. The number of halogens is 1. The number of nitrogens with zero attached hydrogens (tertiary/aromatic N) is 2. The molecule has 25 heavy (non-hydrogen) atoms. The van der Waals surface area contributed by atoms with Crippen molar-refractivity contribution in [2.45, 2.75) is 19.3 Å². The van der Waals surface area contributed by atoms with Gasteiger partial charge >= 0.3 is 0 Å². The highest BCUT2D eigenvalue weighted by molar-refractivity contribution is 9.10. The summed E-state index contributed by atoms with van der Waals surface area (Å²) in [5.74, 6) is 0.875. The molecule has 0 atom stereocenters. The van der Waals surface area contributed by atoms with Crippen molar-refractivity contribution >= 4 is 32.5 Å². The summed E-state index contributed by atoms with van der Waals surface area (Å²) in [4.78, 5) is 7.24. The van der Waals surface area contributed by atoms with E-state index in [1.165, 1.54) is 41.5 Å². The van der Waals surface area contributed by atoms with E-state index < -0.39 is 0 Å². The van der Waals surface area contributed by atoms with Crippen LogP contribution in [0.15, 0.2) is 53.1 Å². The van der Waals surface area contributed by atoms with Crippen LogP contribution in [0.4, 0.5) is 5.69 Å². The number of ether oxygens (including phenoxy) is 1. The first kappa shape index (κ1) is 16.4. The quantitative estimate of drug-likeness (QED) is 0.570. The van der Waals surface area contributed by atoms with Crippen LogP contribution in [0.2, 0.25) is 0 Å². The molecule has 0 amide bonds. The number of fused-ring (bicyclic) bond motifs is 1. The van der Waals surface area contributed by atoms with Gasteiger partial charge in [-0.15, -0.1) is 0 Å². The average molecular weight is 397 g/mol. The monoisotopic (exact) mass is 396 g/mol. The predicted molar refractivity (Wildman–Crippen MR) is 107 cm³/mol. The van der Waals surface area contributed by atoms with Crippen LogP contribution in [0.1, 0.15) is 19.3 Å². The Balaban J connectivity index is 1.95. The van der Waals surface area contributed by atoms with Gasteiger partial charge in [-0.2, -0.15) is 0 Å². The second kappa shape index (κ2) is 7.04. The number of pyridine rings is 1. The normalized spacial score (nSPS) is 14.7. The van der Waals surface area contributed by atoms with Crippen LogP contribution < -0.4 is 9.64 Å². The molecule has 2 heterocycles. The SMILES string of the molecule is COc1ccc2ncc(-c3ccc(Br)cc3)c(N3CCCCC3)c2c1. The van der Waals surface area contributed by atoms with Gasteiger partial charge < -0.3 is 9.64 Å². The lowest BCUT2D eigenvalue weighted by Crippen LogP contribution is -2.30. The summed E-state index contributed by atoms with van der Waals surface area (Å²) >= 11 is 3.53. The summed E-state index contributed by atoms with van der Waals surface area (Å²) in [7, 11) is 1.72. The molecule has 0 spiro atoms. The fourth-order valence-corrected chi connectivity index (χ4v) is 3.85. The Hall–Kier alpha value is -2.07. The topological polar surface area (TPSA) is 25.4 Å². The van der Waals surface area contributed by atoms with Crippen LogP contribution in [0.25, 0.3) is 22.0 Å². The molecule has 1 aromatic heterocycles. The minimum Gasteiger partial charge on any atom is -0.497 e. The molecule has 0 unspecified atom stereocenters. The Morgan fingerprint density at radius 1 is 1.00 bits per heavy atom. The van der Waals surface area contributed by atoms with Crippen LogP contribution >= 0.6 is 15.9 Å². The number of methoxy groups -OCH3 is 1. The number of hydrogen-bond donors (Lipinski definition) is 0. The van der Waals surface area contributed by atoms with E-state index >= 15 is 0 Å². The van der Waals surface area contributed by atoms with Crippen LogP contribution in [-0.2, 0) is 0 Å². The van der Waals surface area contributed by atoms with Crippen molar-refractivity contribution in [2.75, 3.05) is 25.1 Å². The van der Waals surface area contributed by atoms with Crippen LogP contribution in [0.5, 0.6) is 5.75 Å². The maximum Gasteiger partial charge on any atom is 0.119 e. The van der Waals surface area contributed by atoms with Gasteiger partial charge in [0.25, 0.3) is 0 Å². The highest BCUT2D eigenvalue weighted by Crippen LogP contribution is 2.39. The number of aromatic nitrogens is 1. The Labute approximate surface area is 156 Å². The van der Waals surface area contributed by atoms with Crippen LogP contribution in [0.3, 0.4) is 0 Å². The predicted octanol–water partition coefficient (Wildman–Crippen LogP) is 5.66. The molecule has 3 nitrogen and oxygen atoms in total. The Morgan fingerprint density at radius 3 is 2.48 bits per heavy atom. The zero-order valence-corrected chi connectivity index (χ0v) is 15.9. The van der Waals surface area contributed by atoms with Crippen molar-refractivity contribution in [3.8, 4) is 16.9 Å². The standard InChI is InChI=1S/C21H21BrN2O/c1-25-17-9-10-20-18(13-17)21(24-11-3-2-4-12-24)19(14-23-20)15-5-7-16(22)8-6-15/h5-10,13-14H,2-4,11-12H2,1H3. The molecule has 0 saturated carbocycles. The maximum absolute atomic E-state index is 5.47. The third-order valence-corrected chi connectivity index (χ3v) is 5.40. The molecule has 1 fully saturated rings. The maximum atomic E-state index is 5.47. The number of benzene rings is 2. The fraction of sp³-hybridized carbons (Fsp3) is 0.286. The van der Waals surface area contributed by atoms with E-state index in [4.69, 9.17) is 9.72 Å². The molecular formula is C21H21BrN2O. The molecule has 1 aliphatic heterocycles. The molecular weight excluding hydrogens is 376 g/mol. The first-order chi connectivity index (χ1) is 12.3. The molecule has 1 aliphatic rings. The van der Waals surface area contributed by atoms with E-state index in [-0.39, 0.29) is 0 Å². The lowest BCUT2D eigenvalue weighted by Gasteiger charge is -2.31. The van der Waals surface area contributed by atoms with Gasteiger partial charge in [0.1, 0.15) is 5.75 Å². The summed E-state index contributed by atoms with van der Waals surface area (Å²) in [6.07, 6.45) is 5.82. The zero-order chi connectivity index (χ0) is 17.2. The molecule has 4 rings (SSSR count). The van der Waals surface area contributed by atoms with Gasteiger partial charge in [0, 0.05) is 34.7 Å². The lowest BCUT2D eigenvalue weighted by molar-refractivity contribution is 0.415. The summed E-state index contributed by atoms with van der Waals surface area (Å²) in [6, 6.07) is 14.6. The average Bonchev–Trinajstić information content (AvgIpc) is 2.68. The third kappa shape index (κ3) is 3.23. The number of rotatable bonds is 3. The summed E-state index contributed by atoms with van der Waals surface area (Å²) in [5, 5.41) is 1.17. The Morgan fingerprint density at radius 2 is 1.76 bits per heavy atom. The molecule has 0 aliphatic carbocycles. The van der Waals surface area contributed by atoms with Gasteiger partial charge in [-0.25, -0.2) is 0 Å². The molecule has 0 bridgehead atoms. The first-order valence-electron chi connectivity index (χ1n) is 8.74. The van der Waals surface area contributed by atoms with Gasteiger partial charge in [-0.05, 0) is 55.2 Å². The van der Waals surface area contributed by atoms with Crippen molar-refractivity contribution in [3.63, 3.8) is 0 Å². The van der Waals surface area contributed by atoms with E-state index in [0.29, 0.717) is 0 Å². The second-order valence-corrected chi connectivity index (χ2v) is 7.37. The van der Waals surface area contributed by atoms with Crippen molar-refractivity contribution in [3.05, 3.63) is 53.1 Å². The van der Waals surface area contributed by atoms with E-state index in [2.05, 4.69) is 51.2 Å². The highest BCUT2D eigenvalue weighted by atomic mass is 79.9. The molecule has 0 N–H and O–H groups in total. The second-order valence-electron chi connectivity index (χ2n) is 6.46. The summed E-state index contributed by atoms with van der Waals surface area (Å²) in [6.45, 7) is 2.19. The van der Waals surface area contributed by atoms with Gasteiger partial charge in [0.05, 0.1) is 18.3 Å². The first-order valence-corrected chi connectivity index (χ1v) is 9.53. The molecule has 4 heteroatoms. The van der Waals surface area contributed by atoms with Gasteiger partial charge in [-0.3, -0.25) is 4.98 Å². The van der Waals surface area contributed by atoms with Crippen LogP contribution in [-0.4, -0.2) is 25.2 Å². The summed E-state index contributed by atoms with van der Waals surface area (Å²) in [5.41, 5.74) is 4.68. The molecule has 1 saturated heterocycles. The fourth-order valence-electron chi connectivity index (χ4n) is 3.58. The number of piperidine rings is 1. The molecule has 128 valence electrons. The molecule has 2 aromatic carbocycles. The minimum absolute atomic E-state index is 0.875. The van der Waals surface area contributed by atoms with E-state index in [0.717, 1.165) is 28.8 Å². The zero-order valence-electron chi connectivity index (χ0n) is 14.3. The number of anilines is 1. The van der Waals surface area contributed by atoms with Gasteiger partial charge in [0.2, 0.25) is 0 Å². The Bertz CT molecular complexity index is 886. The third-order valence-electron chi connectivity index (χ3n) is 4.87. The van der Waals surface area contributed by atoms with Gasteiger partial charge in [-0.1, -0.05) is 28.1 Å².